The number of amides is 1. The summed E-state index contributed by atoms with van der Waals surface area (Å²) in [5, 5.41) is 9.86. The standard InChI is InChI=1S/C22H28FNO2/c1-21(26)9-16(10-21)20(25)24-12-22(13-24)8-7-15(11-22)18-4-2-3-17(19(18)23)14-5-6-14/h2-4,14-16,26H,5-13H2,1H3/t15-,16-,21+/m0/s1. The number of carbonyl (C=O) groups is 1. The van der Waals surface area contributed by atoms with Gasteiger partial charge in [-0.05, 0) is 74.8 Å². The summed E-state index contributed by atoms with van der Waals surface area (Å²) in [6.07, 6.45) is 6.57. The Kier molecular flexibility index (Phi) is 3.57. The van der Waals surface area contributed by atoms with E-state index < -0.39 is 5.60 Å². The van der Waals surface area contributed by atoms with Gasteiger partial charge in [0.15, 0.2) is 0 Å². The molecule has 1 N–H and O–H groups in total. The van der Waals surface area contributed by atoms with E-state index in [1.54, 1.807) is 6.92 Å². The SMILES string of the molecule is C[C@]1(O)C[C@@H](C(=O)N2CC3(CC[C@H](c4cccc(C5CC5)c4F)C3)C2)C1. The lowest BCUT2D eigenvalue weighted by Crippen LogP contribution is -2.61. The number of carbonyl (C=O) groups excluding carboxylic acids is 1. The first-order valence-corrected chi connectivity index (χ1v) is 10.2. The Balaban J connectivity index is 1.22. The quantitative estimate of drug-likeness (QED) is 0.889. The van der Waals surface area contributed by atoms with Gasteiger partial charge in [-0.15, -0.1) is 0 Å². The highest BCUT2D eigenvalue weighted by Gasteiger charge is 2.53. The van der Waals surface area contributed by atoms with Crippen molar-refractivity contribution < 1.29 is 14.3 Å². The van der Waals surface area contributed by atoms with Crippen molar-refractivity contribution in [2.24, 2.45) is 11.3 Å². The first kappa shape index (κ1) is 16.7. The van der Waals surface area contributed by atoms with Gasteiger partial charge in [0.05, 0.1) is 5.60 Å². The minimum atomic E-state index is -0.647. The smallest absolute Gasteiger partial charge is 0.225 e. The Hall–Kier alpha value is -1.42. The largest absolute Gasteiger partial charge is 0.390 e. The summed E-state index contributed by atoms with van der Waals surface area (Å²) < 4.78 is 14.9. The Morgan fingerprint density at radius 3 is 2.38 bits per heavy atom. The molecule has 26 heavy (non-hydrogen) atoms. The van der Waals surface area contributed by atoms with Crippen molar-refractivity contribution in [2.45, 2.75) is 69.3 Å². The maximum Gasteiger partial charge on any atom is 0.225 e. The molecule has 140 valence electrons. The first-order valence-electron chi connectivity index (χ1n) is 10.2. The topological polar surface area (TPSA) is 40.5 Å². The number of rotatable bonds is 3. The molecule has 4 heteroatoms. The van der Waals surface area contributed by atoms with Crippen LogP contribution >= 0.6 is 0 Å². The van der Waals surface area contributed by atoms with Crippen molar-refractivity contribution in [3.8, 4) is 0 Å². The van der Waals surface area contributed by atoms with Gasteiger partial charge in [0.2, 0.25) is 5.91 Å². The van der Waals surface area contributed by atoms with Crippen LogP contribution in [0.5, 0.6) is 0 Å². The van der Waals surface area contributed by atoms with Crippen LogP contribution in [-0.2, 0) is 4.79 Å². The average Bonchev–Trinajstić information content (AvgIpc) is 3.28. The molecule has 0 radical (unpaired) electrons. The van der Waals surface area contributed by atoms with Crippen LogP contribution in [0.3, 0.4) is 0 Å². The number of hydrogen-bond acceptors (Lipinski definition) is 2. The van der Waals surface area contributed by atoms with Crippen LogP contribution in [0.4, 0.5) is 4.39 Å². The van der Waals surface area contributed by atoms with Crippen LogP contribution in [0.25, 0.3) is 0 Å². The Morgan fingerprint density at radius 1 is 1.12 bits per heavy atom. The van der Waals surface area contributed by atoms with E-state index in [1.807, 2.05) is 23.1 Å². The molecule has 1 spiro atoms. The number of benzene rings is 1. The van der Waals surface area contributed by atoms with Gasteiger partial charge in [0.1, 0.15) is 5.82 Å². The lowest BCUT2D eigenvalue weighted by molar-refractivity contribution is -0.161. The number of aliphatic hydroxyl groups is 1. The highest BCUT2D eigenvalue weighted by Crippen LogP contribution is 2.54. The van der Waals surface area contributed by atoms with E-state index in [4.69, 9.17) is 0 Å². The molecule has 0 unspecified atom stereocenters. The zero-order chi connectivity index (χ0) is 18.1. The van der Waals surface area contributed by atoms with Crippen LogP contribution in [-0.4, -0.2) is 34.6 Å². The van der Waals surface area contributed by atoms with Gasteiger partial charge in [0.25, 0.3) is 0 Å². The van der Waals surface area contributed by atoms with Crippen LogP contribution in [0.1, 0.15) is 74.8 Å². The van der Waals surface area contributed by atoms with Gasteiger partial charge < -0.3 is 10.0 Å². The molecular weight excluding hydrogens is 329 g/mol. The summed E-state index contributed by atoms with van der Waals surface area (Å²) in [6.45, 7) is 3.45. The molecule has 3 nitrogen and oxygen atoms in total. The molecule has 1 atom stereocenters. The number of halogens is 1. The third-order valence-electron chi connectivity index (χ3n) is 7.30. The van der Waals surface area contributed by atoms with Crippen molar-refractivity contribution in [3.63, 3.8) is 0 Å². The average molecular weight is 357 g/mol. The summed E-state index contributed by atoms with van der Waals surface area (Å²) in [7, 11) is 0. The summed E-state index contributed by atoms with van der Waals surface area (Å²) in [5.41, 5.74) is 1.39. The molecule has 1 aliphatic heterocycles. The molecule has 5 rings (SSSR count). The fourth-order valence-corrected chi connectivity index (χ4v) is 5.71. The molecule has 1 saturated heterocycles. The van der Waals surface area contributed by atoms with Crippen molar-refractivity contribution in [1.82, 2.24) is 4.90 Å². The molecule has 1 amide bonds. The highest BCUT2D eigenvalue weighted by molar-refractivity contribution is 5.81. The summed E-state index contributed by atoms with van der Waals surface area (Å²) in [4.78, 5) is 14.5. The van der Waals surface area contributed by atoms with Crippen molar-refractivity contribution in [2.75, 3.05) is 13.1 Å². The van der Waals surface area contributed by atoms with Gasteiger partial charge in [-0.1, -0.05) is 18.2 Å². The molecule has 4 fully saturated rings. The number of likely N-dealkylation sites (tertiary alicyclic amines) is 1. The van der Waals surface area contributed by atoms with E-state index in [0.29, 0.717) is 24.7 Å². The normalized spacial score (nSPS) is 35.3. The summed E-state index contributed by atoms with van der Waals surface area (Å²) in [5.74, 6) is 1.01. The van der Waals surface area contributed by atoms with E-state index in [9.17, 15) is 14.3 Å². The van der Waals surface area contributed by atoms with E-state index in [1.165, 1.54) is 0 Å². The molecule has 0 bridgehead atoms. The molecular formula is C22H28FNO2. The second-order valence-corrected chi connectivity index (χ2v) is 9.76. The number of hydrogen-bond donors (Lipinski definition) is 1. The fourth-order valence-electron chi connectivity index (χ4n) is 5.71. The minimum absolute atomic E-state index is 0.00668. The van der Waals surface area contributed by atoms with Gasteiger partial charge in [-0.2, -0.15) is 0 Å². The first-order chi connectivity index (χ1) is 12.4. The van der Waals surface area contributed by atoms with E-state index in [-0.39, 0.29) is 23.1 Å². The maximum absolute atomic E-state index is 14.9. The zero-order valence-electron chi connectivity index (χ0n) is 15.5. The van der Waals surface area contributed by atoms with Crippen LogP contribution in [0, 0.1) is 17.2 Å². The van der Waals surface area contributed by atoms with Crippen molar-refractivity contribution >= 4 is 5.91 Å². The minimum Gasteiger partial charge on any atom is -0.390 e. The Labute approximate surface area is 154 Å². The predicted molar refractivity (Wildman–Crippen MR) is 97.3 cm³/mol. The molecule has 4 aliphatic rings. The van der Waals surface area contributed by atoms with Gasteiger partial charge in [0, 0.05) is 24.4 Å². The maximum atomic E-state index is 14.9. The van der Waals surface area contributed by atoms with Crippen LogP contribution in [0.2, 0.25) is 0 Å². The second-order valence-electron chi connectivity index (χ2n) is 9.76. The molecule has 1 aromatic rings. The van der Waals surface area contributed by atoms with E-state index in [2.05, 4.69) is 0 Å². The lowest BCUT2D eigenvalue weighted by Gasteiger charge is -2.52. The van der Waals surface area contributed by atoms with E-state index >= 15 is 0 Å². The molecule has 1 heterocycles. The second kappa shape index (κ2) is 5.54. The Morgan fingerprint density at radius 2 is 1.77 bits per heavy atom. The third kappa shape index (κ3) is 2.69. The van der Waals surface area contributed by atoms with Crippen molar-refractivity contribution in [3.05, 3.63) is 35.1 Å². The van der Waals surface area contributed by atoms with Crippen molar-refractivity contribution in [1.29, 1.82) is 0 Å². The lowest BCUT2D eigenvalue weighted by atomic mass is 9.69. The molecule has 3 saturated carbocycles. The van der Waals surface area contributed by atoms with Gasteiger partial charge >= 0.3 is 0 Å². The van der Waals surface area contributed by atoms with Crippen LogP contribution < -0.4 is 0 Å². The Bertz CT molecular complexity index is 741. The fraction of sp³-hybridized carbons (Fsp3) is 0.682. The summed E-state index contributed by atoms with van der Waals surface area (Å²) >= 11 is 0. The van der Waals surface area contributed by atoms with Gasteiger partial charge in [-0.25, -0.2) is 4.39 Å². The third-order valence-corrected chi connectivity index (χ3v) is 7.30. The van der Waals surface area contributed by atoms with Gasteiger partial charge in [-0.3, -0.25) is 4.79 Å². The molecule has 1 aromatic carbocycles. The molecule has 0 aromatic heterocycles. The predicted octanol–water partition coefficient (Wildman–Crippen LogP) is 3.96. The monoisotopic (exact) mass is 357 g/mol. The summed E-state index contributed by atoms with van der Waals surface area (Å²) in [6, 6.07) is 5.96. The number of nitrogens with zero attached hydrogens (tertiary/aromatic N) is 1. The molecule has 3 aliphatic carbocycles. The van der Waals surface area contributed by atoms with Crippen LogP contribution in [0.15, 0.2) is 18.2 Å². The zero-order valence-corrected chi connectivity index (χ0v) is 15.5. The highest BCUT2D eigenvalue weighted by atomic mass is 19.1. The van der Waals surface area contributed by atoms with E-state index in [0.717, 1.165) is 56.3 Å².